The Bertz CT molecular complexity index is 3190. The standard InChI is InChI=1S/C47H27N3O2/c1-2-10-28(11-3-1)31-20-22-43-38(25-31)39-27-40(34-14-6-7-16-36(34)44(39)52-43)47-49-45(32-19-18-29-12-4-5-13-30(29)24-32)48-46(50-47)33-21-23-42-37(26-33)35-15-8-9-17-41(35)51-42/h1-27H. The van der Waals surface area contributed by atoms with Crippen LogP contribution in [0.4, 0.5) is 0 Å². The number of fused-ring (bicyclic) bond motifs is 9. The lowest BCUT2D eigenvalue weighted by molar-refractivity contribution is 0.669. The molecule has 3 heterocycles. The fraction of sp³-hybridized carbons (Fsp3) is 0. The van der Waals surface area contributed by atoms with E-state index >= 15 is 0 Å². The van der Waals surface area contributed by atoms with E-state index in [9.17, 15) is 0 Å². The molecule has 0 N–H and O–H groups in total. The van der Waals surface area contributed by atoms with Crippen LogP contribution in [0.5, 0.6) is 0 Å². The highest BCUT2D eigenvalue weighted by atomic mass is 16.3. The lowest BCUT2D eigenvalue weighted by Crippen LogP contribution is -2.00. The molecule has 0 aliphatic heterocycles. The second-order valence-corrected chi connectivity index (χ2v) is 13.2. The summed E-state index contributed by atoms with van der Waals surface area (Å²) in [5, 5.41) is 8.45. The molecule has 0 fully saturated rings. The van der Waals surface area contributed by atoms with Crippen LogP contribution < -0.4 is 0 Å². The number of para-hydroxylation sites is 1. The van der Waals surface area contributed by atoms with Gasteiger partial charge >= 0.3 is 0 Å². The van der Waals surface area contributed by atoms with Crippen molar-refractivity contribution in [1.29, 1.82) is 0 Å². The second kappa shape index (κ2) is 11.2. The zero-order valence-corrected chi connectivity index (χ0v) is 27.7. The summed E-state index contributed by atoms with van der Waals surface area (Å²) in [5.41, 5.74) is 8.38. The molecule has 5 nitrogen and oxygen atoms in total. The summed E-state index contributed by atoms with van der Waals surface area (Å²) >= 11 is 0. The molecule has 0 saturated heterocycles. The molecule has 0 spiro atoms. The average Bonchev–Trinajstić information content (AvgIpc) is 3.78. The van der Waals surface area contributed by atoms with Crippen molar-refractivity contribution < 1.29 is 8.83 Å². The molecule has 8 aromatic carbocycles. The molecule has 3 aromatic heterocycles. The molecular formula is C47H27N3O2. The Balaban J connectivity index is 1.18. The summed E-state index contributed by atoms with van der Waals surface area (Å²) < 4.78 is 12.7. The van der Waals surface area contributed by atoms with Gasteiger partial charge in [0.2, 0.25) is 0 Å². The van der Waals surface area contributed by atoms with Crippen LogP contribution in [0.15, 0.2) is 173 Å². The fourth-order valence-corrected chi connectivity index (χ4v) is 7.54. The molecular weight excluding hydrogens is 639 g/mol. The van der Waals surface area contributed by atoms with E-state index in [1.807, 2.05) is 36.4 Å². The quantitative estimate of drug-likeness (QED) is 0.187. The van der Waals surface area contributed by atoms with Gasteiger partial charge in [-0.1, -0.05) is 115 Å². The first kappa shape index (κ1) is 28.7. The third-order valence-corrected chi connectivity index (χ3v) is 10.1. The van der Waals surface area contributed by atoms with E-state index in [-0.39, 0.29) is 0 Å². The van der Waals surface area contributed by atoms with E-state index in [2.05, 4.69) is 127 Å². The zero-order chi connectivity index (χ0) is 34.2. The van der Waals surface area contributed by atoms with Crippen LogP contribution in [0.3, 0.4) is 0 Å². The molecule has 0 unspecified atom stereocenters. The van der Waals surface area contributed by atoms with Gasteiger partial charge in [0, 0.05) is 43.6 Å². The molecule has 0 radical (unpaired) electrons. The van der Waals surface area contributed by atoms with Crippen LogP contribution in [0, 0.1) is 0 Å². The minimum atomic E-state index is 0.591. The highest BCUT2D eigenvalue weighted by molar-refractivity contribution is 6.19. The van der Waals surface area contributed by atoms with Gasteiger partial charge in [0.15, 0.2) is 17.5 Å². The van der Waals surface area contributed by atoms with E-state index in [1.54, 1.807) is 0 Å². The number of nitrogens with zero attached hydrogens (tertiary/aromatic N) is 3. The molecule has 11 rings (SSSR count). The molecule has 5 heteroatoms. The largest absolute Gasteiger partial charge is 0.456 e. The molecule has 52 heavy (non-hydrogen) atoms. The monoisotopic (exact) mass is 665 g/mol. The van der Waals surface area contributed by atoms with Crippen molar-refractivity contribution in [2.75, 3.05) is 0 Å². The number of benzene rings is 8. The molecule has 0 atom stereocenters. The van der Waals surface area contributed by atoms with E-state index in [0.29, 0.717) is 17.5 Å². The summed E-state index contributed by atoms with van der Waals surface area (Å²) in [6.45, 7) is 0. The topological polar surface area (TPSA) is 65.0 Å². The maximum absolute atomic E-state index is 6.58. The van der Waals surface area contributed by atoms with Gasteiger partial charge < -0.3 is 8.83 Å². The zero-order valence-electron chi connectivity index (χ0n) is 27.7. The number of rotatable bonds is 4. The van der Waals surface area contributed by atoms with Crippen LogP contribution in [-0.2, 0) is 0 Å². The molecule has 0 amide bonds. The first-order chi connectivity index (χ1) is 25.7. The van der Waals surface area contributed by atoms with Gasteiger partial charge in [-0.15, -0.1) is 0 Å². The number of hydrogen-bond donors (Lipinski definition) is 0. The number of furan rings is 2. The number of hydrogen-bond acceptors (Lipinski definition) is 5. The molecule has 11 aromatic rings. The summed E-state index contributed by atoms with van der Waals surface area (Å²) in [6, 6.07) is 56.4. The molecule has 0 aliphatic rings. The Morgan fingerprint density at radius 3 is 1.73 bits per heavy atom. The summed E-state index contributed by atoms with van der Waals surface area (Å²) in [7, 11) is 0. The van der Waals surface area contributed by atoms with Gasteiger partial charge in [0.1, 0.15) is 22.3 Å². The smallest absolute Gasteiger partial charge is 0.164 e. The molecule has 0 saturated carbocycles. The minimum Gasteiger partial charge on any atom is -0.456 e. The first-order valence-electron chi connectivity index (χ1n) is 17.3. The predicted octanol–water partition coefficient (Wildman–Crippen LogP) is 12.6. The van der Waals surface area contributed by atoms with Crippen molar-refractivity contribution in [3.63, 3.8) is 0 Å². The third kappa shape index (κ3) is 4.53. The van der Waals surface area contributed by atoms with Crippen LogP contribution in [0.1, 0.15) is 0 Å². The predicted molar refractivity (Wildman–Crippen MR) is 211 cm³/mol. The second-order valence-electron chi connectivity index (χ2n) is 13.2. The van der Waals surface area contributed by atoms with Crippen LogP contribution in [0.25, 0.3) is 111 Å². The van der Waals surface area contributed by atoms with E-state index < -0.39 is 0 Å². The van der Waals surface area contributed by atoms with Crippen LogP contribution in [0.2, 0.25) is 0 Å². The fourth-order valence-electron chi connectivity index (χ4n) is 7.54. The van der Waals surface area contributed by atoms with Crippen LogP contribution in [-0.4, -0.2) is 15.0 Å². The average molecular weight is 666 g/mol. The van der Waals surface area contributed by atoms with E-state index in [4.69, 9.17) is 23.8 Å². The molecule has 0 aliphatic carbocycles. The van der Waals surface area contributed by atoms with Crippen molar-refractivity contribution in [2.24, 2.45) is 0 Å². The van der Waals surface area contributed by atoms with Gasteiger partial charge in [-0.3, -0.25) is 0 Å². The Morgan fingerprint density at radius 2 is 0.885 bits per heavy atom. The van der Waals surface area contributed by atoms with E-state index in [0.717, 1.165) is 93.2 Å². The summed E-state index contributed by atoms with van der Waals surface area (Å²) in [6.07, 6.45) is 0. The van der Waals surface area contributed by atoms with Gasteiger partial charge in [-0.05, 0) is 75.8 Å². The Labute approximate surface area is 297 Å². The van der Waals surface area contributed by atoms with Crippen molar-refractivity contribution in [3.05, 3.63) is 164 Å². The highest BCUT2D eigenvalue weighted by Gasteiger charge is 2.20. The maximum atomic E-state index is 6.58. The maximum Gasteiger partial charge on any atom is 0.164 e. The van der Waals surface area contributed by atoms with Gasteiger partial charge in [0.25, 0.3) is 0 Å². The lowest BCUT2D eigenvalue weighted by atomic mass is 9.98. The lowest BCUT2D eigenvalue weighted by Gasteiger charge is -2.11. The van der Waals surface area contributed by atoms with Crippen molar-refractivity contribution >= 4 is 65.4 Å². The third-order valence-electron chi connectivity index (χ3n) is 10.1. The number of aromatic nitrogens is 3. The Hall–Kier alpha value is -7.11. The Kier molecular flexibility index (Phi) is 6.18. The van der Waals surface area contributed by atoms with Gasteiger partial charge in [-0.2, -0.15) is 0 Å². The van der Waals surface area contributed by atoms with Gasteiger partial charge in [0.05, 0.1) is 0 Å². The molecule has 0 bridgehead atoms. The first-order valence-corrected chi connectivity index (χ1v) is 17.3. The van der Waals surface area contributed by atoms with Crippen molar-refractivity contribution in [2.45, 2.75) is 0 Å². The van der Waals surface area contributed by atoms with Crippen molar-refractivity contribution in [1.82, 2.24) is 15.0 Å². The Morgan fingerprint density at radius 1 is 0.308 bits per heavy atom. The summed E-state index contributed by atoms with van der Waals surface area (Å²) in [5.74, 6) is 1.79. The van der Waals surface area contributed by atoms with Crippen molar-refractivity contribution in [3.8, 4) is 45.3 Å². The normalized spacial score (nSPS) is 11.8. The van der Waals surface area contributed by atoms with Crippen LogP contribution >= 0.6 is 0 Å². The van der Waals surface area contributed by atoms with E-state index in [1.165, 1.54) is 0 Å². The minimum absolute atomic E-state index is 0.591. The molecule has 242 valence electrons. The SMILES string of the molecule is c1ccc(-c2ccc3oc4c5ccccc5c(-c5nc(-c6ccc7ccccc7c6)nc(-c6ccc7oc8ccccc8c7c6)n5)cc4c3c2)cc1. The highest BCUT2D eigenvalue weighted by Crippen LogP contribution is 2.41. The van der Waals surface area contributed by atoms with Gasteiger partial charge in [-0.25, -0.2) is 15.0 Å². The summed E-state index contributed by atoms with van der Waals surface area (Å²) in [4.78, 5) is 15.6.